The van der Waals surface area contributed by atoms with Crippen LogP contribution >= 0.6 is 0 Å². The molecule has 3 aromatic rings. The van der Waals surface area contributed by atoms with Crippen molar-refractivity contribution in [2.75, 3.05) is 37.7 Å². The first-order chi connectivity index (χ1) is 15.6. The van der Waals surface area contributed by atoms with Crippen LogP contribution in [0.2, 0.25) is 0 Å². The summed E-state index contributed by atoms with van der Waals surface area (Å²) < 4.78 is 7.39. The molecular weight excluding hydrogens is 404 g/mol. The molecular formula is C25H28N4O3. The summed E-state index contributed by atoms with van der Waals surface area (Å²) in [6.45, 7) is 5.30. The van der Waals surface area contributed by atoms with E-state index in [1.807, 2.05) is 50.8 Å². The molecule has 32 heavy (non-hydrogen) atoms. The predicted octanol–water partition coefficient (Wildman–Crippen LogP) is 2.98. The van der Waals surface area contributed by atoms with Crippen LogP contribution in [-0.2, 0) is 27.3 Å². The van der Waals surface area contributed by atoms with Gasteiger partial charge in [-0.25, -0.2) is 4.98 Å². The number of rotatable bonds is 5. The Bertz CT molecular complexity index is 1130. The summed E-state index contributed by atoms with van der Waals surface area (Å²) >= 11 is 0. The number of carbonyl (C=O) groups excluding carboxylic acids is 2. The highest BCUT2D eigenvalue weighted by Gasteiger charge is 2.35. The van der Waals surface area contributed by atoms with Gasteiger partial charge >= 0.3 is 0 Å². The average molecular weight is 433 g/mol. The van der Waals surface area contributed by atoms with Gasteiger partial charge in [0.1, 0.15) is 12.4 Å². The van der Waals surface area contributed by atoms with Crippen molar-refractivity contribution in [3.63, 3.8) is 0 Å². The Balaban J connectivity index is 1.43. The molecule has 5 rings (SSSR count). The number of hydrogen-bond donors (Lipinski definition) is 0. The molecule has 0 spiro atoms. The van der Waals surface area contributed by atoms with Crippen LogP contribution in [0.25, 0.3) is 11.0 Å². The lowest BCUT2D eigenvalue weighted by Gasteiger charge is -2.27. The predicted molar refractivity (Wildman–Crippen MR) is 123 cm³/mol. The van der Waals surface area contributed by atoms with E-state index in [-0.39, 0.29) is 24.3 Å². The van der Waals surface area contributed by atoms with Crippen molar-refractivity contribution in [1.29, 1.82) is 0 Å². The molecule has 166 valence electrons. The Morgan fingerprint density at radius 1 is 1.09 bits per heavy atom. The van der Waals surface area contributed by atoms with Gasteiger partial charge in [0, 0.05) is 37.7 Å². The molecule has 7 nitrogen and oxygen atoms in total. The van der Waals surface area contributed by atoms with Gasteiger partial charge in [-0.2, -0.15) is 0 Å². The zero-order valence-corrected chi connectivity index (χ0v) is 18.4. The number of fused-ring (bicyclic) bond motifs is 1. The maximum atomic E-state index is 13.0. The largest absolute Gasteiger partial charge is 0.378 e. The topological polar surface area (TPSA) is 67.7 Å². The molecule has 2 aliphatic rings. The number of hydrogen-bond acceptors (Lipinski definition) is 4. The molecule has 2 amide bonds. The fraction of sp³-hybridized carbons (Fsp3) is 0.400. The number of anilines is 1. The van der Waals surface area contributed by atoms with E-state index < -0.39 is 0 Å². The molecule has 0 bridgehead atoms. The van der Waals surface area contributed by atoms with E-state index >= 15 is 0 Å². The maximum absolute atomic E-state index is 13.0. The van der Waals surface area contributed by atoms with Crippen LogP contribution in [-0.4, -0.2) is 59.1 Å². The van der Waals surface area contributed by atoms with E-state index in [9.17, 15) is 9.59 Å². The molecule has 1 atom stereocenters. The Hall–Kier alpha value is -3.19. The number of aromatic nitrogens is 2. The smallest absolute Gasteiger partial charge is 0.242 e. The van der Waals surface area contributed by atoms with Gasteiger partial charge in [0.05, 0.1) is 24.2 Å². The van der Waals surface area contributed by atoms with Crippen molar-refractivity contribution < 1.29 is 14.3 Å². The molecule has 0 saturated carbocycles. The zero-order chi connectivity index (χ0) is 22.1. The molecule has 1 unspecified atom stereocenters. The first kappa shape index (κ1) is 20.7. The number of aryl methyl sites for hydroxylation is 1. The number of benzene rings is 2. The van der Waals surface area contributed by atoms with Crippen molar-refractivity contribution in [1.82, 2.24) is 14.5 Å². The first-order valence-electron chi connectivity index (χ1n) is 11.3. The third-order valence-corrected chi connectivity index (χ3v) is 6.49. The highest BCUT2D eigenvalue weighted by Crippen LogP contribution is 2.33. The van der Waals surface area contributed by atoms with E-state index in [2.05, 4.69) is 19.1 Å². The Morgan fingerprint density at radius 3 is 2.59 bits per heavy atom. The van der Waals surface area contributed by atoms with Crippen molar-refractivity contribution in [3.8, 4) is 0 Å². The lowest BCUT2D eigenvalue weighted by molar-refractivity contribution is -0.135. The first-order valence-corrected chi connectivity index (χ1v) is 11.3. The normalized spacial score (nSPS) is 19.2. The fourth-order valence-corrected chi connectivity index (χ4v) is 4.66. The Morgan fingerprint density at radius 2 is 1.84 bits per heavy atom. The van der Waals surface area contributed by atoms with Gasteiger partial charge in [-0.15, -0.1) is 0 Å². The van der Waals surface area contributed by atoms with Crippen LogP contribution in [0.3, 0.4) is 0 Å². The van der Waals surface area contributed by atoms with Crippen LogP contribution in [0.5, 0.6) is 0 Å². The molecule has 0 aliphatic carbocycles. The van der Waals surface area contributed by atoms with Crippen LogP contribution < -0.4 is 4.90 Å². The monoisotopic (exact) mass is 432 g/mol. The van der Waals surface area contributed by atoms with Gasteiger partial charge in [-0.1, -0.05) is 31.2 Å². The van der Waals surface area contributed by atoms with E-state index in [0.29, 0.717) is 39.3 Å². The van der Waals surface area contributed by atoms with Crippen molar-refractivity contribution in [3.05, 3.63) is 59.9 Å². The molecule has 2 saturated heterocycles. The highest BCUT2D eigenvalue weighted by atomic mass is 16.5. The van der Waals surface area contributed by atoms with E-state index in [0.717, 1.165) is 29.0 Å². The van der Waals surface area contributed by atoms with E-state index in [4.69, 9.17) is 9.72 Å². The lowest BCUT2D eigenvalue weighted by Crippen LogP contribution is -2.42. The number of carbonyl (C=O) groups is 2. The second-order valence-corrected chi connectivity index (χ2v) is 8.46. The third kappa shape index (κ3) is 3.88. The molecule has 2 aromatic carbocycles. The van der Waals surface area contributed by atoms with E-state index in [1.54, 1.807) is 0 Å². The fourth-order valence-electron chi connectivity index (χ4n) is 4.66. The number of ether oxygens (including phenoxy) is 1. The van der Waals surface area contributed by atoms with Gasteiger partial charge in [0.25, 0.3) is 0 Å². The summed E-state index contributed by atoms with van der Waals surface area (Å²) in [6.07, 6.45) is 1.36. The maximum Gasteiger partial charge on any atom is 0.242 e. The zero-order valence-electron chi connectivity index (χ0n) is 18.4. The quantitative estimate of drug-likeness (QED) is 0.622. The third-order valence-electron chi connectivity index (χ3n) is 6.49. The molecule has 2 fully saturated rings. The van der Waals surface area contributed by atoms with Crippen molar-refractivity contribution in [2.45, 2.75) is 32.2 Å². The van der Waals surface area contributed by atoms with E-state index in [1.165, 1.54) is 5.56 Å². The van der Waals surface area contributed by atoms with Crippen LogP contribution in [0, 0.1) is 0 Å². The standard InChI is InChI=1S/C25H28N4O3/c1-2-18-7-9-20(10-8-18)28-16-19(15-23(28)30)25-26-21-5-3-4-6-22(21)29(25)17-24(31)27-11-13-32-14-12-27/h3-10,19H,2,11-17H2,1H3. The highest BCUT2D eigenvalue weighted by molar-refractivity contribution is 5.96. The number of morpholine rings is 1. The summed E-state index contributed by atoms with van der Waals surface area (Å²) in [5.41, 5.74) is 3.96. The minimum atomic E-state index is -0.0572. The second-order valence-electron chi connectivity index (χ2n) is 8.46. The van der Waals surface area contributed by atoms with Crippen molar-refractivity contribution >= 4 is 28.5 Å². The summed E-state index contributed by atoms with van der Waals surface area (Å²) in [6, 6.07) is 16.1. The minimum absolute atomic E-state index is 0.0572. The Kier molecular flexibility index (Phi) is 5.66. The molecule has 2 aliphatic heterocycles. The summed E-state index contributed by atoms with van der Waals surface area (Å²) in [5.74, 6) is 0.915. The lowest BCUT2D eigenvalue weighted by atomic mass is 10.1. The number of imidazole rings is 1. The minimum Gasteiger partial charge on any atom is -0.378 e. The van der Waals surface area contributed by atoms with Gasteiger partial charge in [0.2, 0.25) is 11.8 Å². The van der Waals surface area contributed by atoms with Gasteiger partial charge in [-0.3, -0.25) is 9.59 Å². The van der Waals surface area contributed by atoms with Gasteiger partial charge in [-0.05, 0) is 36.2 Å². The second kappa shape index (κ2) is 8.74. The molecule has 0 radical (unpaired) electrons. The molecule has 3 heterocycles. The summed E-state index contributed by atoms with van der Waals surface area (Å²) in [4.78, 5) is 34.5. The SMILES string of the molecule is CCc1ccc(N2CC(c3nc4ccccc4n3CC(=O)N3CCOCC3)CC2=O)cc1. The van der Waals surface area contributed by atoms with Crippen LogP contribution in [0.4, 0.5) is 5.69 Å². The summed E-state index contributed by atoms with van der Waals surface area (Å²) in [7, 11) is 0. The molecule has 1 aromatic heterocycles. The van der Waals surface area contributed by atoms with Gasteiger partial charge < -0.3 is 19.1 Å². The summed E-state index contributed by atoms with van der Waals surface area (Å²) in [5, 5.41) is 0. The number of amides is 2. The number of nitrogens with zero attached hydrogens (tertiary/aromatic N) is 4. The average Bonchev–Trinajstić information content (AvgIpc) is 3.40. The Labute approximate surface area is 187 Å². The van der Waals surface area contributed by atoms with Gasteiger partial charge in [0.15, 0.2) is 0 Å². The molecule has 7 heteroatoms. The molecule has 0 N–H and O–H groups in total. The van der Waals surface area contributed by atoms with Crippen LogP contribution in [0.1, 0.15) is 30.7 Å². The number of para-hydroxylation sites is 2. The van der Waals surface area contributed by atoms with Crippen molar-refractivity contribution in [2.24, 2.45) is 0 Å². The van der Waals surface area contributed by atoms with Crippen LogP contribution in [0.15, 0.2) is 48.5 Å².